The molecule has 1 aliphatic heterocycles. The van der Waals surface area contributed by atoms with Crippen molar-refractivity contribution in [3.05, 3.63) is 45.5 Å². The van der Waals surface area contributed by atoms with Crippen LogP contribution in [0.2, 0.25) is 5.02 Å². The fourth-order valence-electron chi connectivity index (χ4n) is 2.99. The average molecular weight is 415 g/mol. The van der Waals surface area contributed by atoms with Gasteiger partial charge >= 0.3 is 0 Å². The first kappa shape index (κ1) is 19.3. The molecule has 1 atom stereocenters. The highest BCUT2D eigenvalue weighted by molar-refractivity contribution is 7.93. The number of sulfone groups is 1. The predicted octanol–water partition coefficient (Wildman–Crippen LogP) is 4.51. The van der Waals surface area contributed by atoms with Gasteiger partial charge in [0.05, 0.1) is 16.3 Å². The molecule has 0 spiro atoms. The second kappa shape index (κ2) is 6.04. The molecule has 0 radical (unpaired) electrons. The summed E-state index contributed by atoms with van der Waals surface area (Å²) < 4.78 is 37.7. The minimum absolute atomic E-state index is 0.0464. The molecular weight excluding hydrogens is 395 g/mol. The van der Waals surface area contributed by atoms with E-state index in [-0.39, 0.29) is 17.4 Å². The maximum absolute atomic E-state index is 13.5. The van der Waals surface area contributed by atoms with Gasteiger partial charge in [-0.15, -0.1) is 11.3 Å². The fourth-order valence-corrected chi connectivity index (χ4v) is 6.42. The van der Waals surface area contributed by atoms with Crippen LogP contribution in [-0.4, -0.2) is 24.8 Å². The molecular formula is C18H20ClFN2O2S2. The van der Waals surface area contributed by atoms with Crippen LogP contribution in [0, 0.1) is 18.2 Å². The van der Waals surface area contributed by atoms with Crippen LogP contribution in [0.25, 0.3) is 10.4 Å². The van der Waals surface area contributed by atoms with Crippen LogP contribution < -0.4 is 5.32 Å². The monoisotopic (exact) mass is 414 g/mol. The topological polar surface area (TPSA) is 70.0 Å². The number of aryl methyl sites for hydroxylation is 1. The minimum atomic E-state index is -3.54. The van der Waals surface area contributed by atoms with E-state index in [2.05, 4.69) is 5.32 Å². The lowest BCUT2D eigenvalue weighted by Crippen LogP contribution is -2.63. The number of hydrogen-bond acceptors (Lipinski definition) is 4. The molecule has 4 nitrogen and oxygen atoms in total. The zero-order valence-electron chi connectivity index (χ0n) is 14.9. The van der Waals surface area contributed by atoms with Gasteiger partial charge in [0.25, 0.3) is 0 Å². The summed E-state index contributed by atoms with van der Waals surface area (Å²) in [5.74, 6) is -0.480. The van der Waals surface area contributed by atoms with Crippen molar-refractivity contribution in [1.29, 1.82) is 5.41 Å². The van der Waals surface area contributed by atoms with Crippen LogP contribution in [0.1, 0.15) is 31.2 Å². The molecule has 0 amide bonds. The van der Waals surface area contributed by atoms with Crippen molar-refractivity contribution < 1.29 is 12.8 Å². The second-order valence-electron chi connectivity index (χ2n) is 7.35. The third-order valence-electron chi connectivity index (χ3n) is 4.89. The summed E-state index contributed by atoms with van der Waals surface area (Å²) in [5.41, 5.74) is 0.363. The summed E-state index contributed by atoms with van der Waals surface area (Å²) in [6, 6.07) is 6.57. The molecule has 0 aliphatic carbocycles. The molecule has 2 heterocycles. The van der Waals surface area contributed by atoms with Crippen LogP contribution in [-0.2, 0) is 15.4 Å². The molecule has 1 saturated heterocycles. The predicted molar refractivity (Wildman–Crippen MR) is 106 cm³/mol. The molecule has 3 rings (SSSR count). The Morgan fingerprint density at radius 3 is 2.50 bits per heavy atom. The lowest BCUT2D eigenvalue weighted by atomic mass is 10.00. The summed E-state index contributed by atoms with van der Waals surface area (Å²) in [4.78, 5) is 1.48. The van der Waals surface area contributed by atoms with E-state index < -0.39 is 20.1 Å². The van der Waals surface area contributed by atoms with Crippen molar-refractivity contribution in [1.82, 2.24) is 5.32 Å². The van der Waals surface area contributed by atoms with Crippen molar-refractivity contribution >= 4 is 38.6 Å². The first-order valence-electron chi connectivity index (χ1n) is 8.03. The number of rotatable bonds is 2. The van der Waals surface area contributed by atoms with Gasteiger partial charge in [-0.1, -0.05) is 17.7 Å². The van der Waals surface area contributed by atoms with Gasteiger partial charge in [-0.25, -0.2) is 12.8 Å². The molecule has 1 aromatic heterocycles. The van der Waals surface area contributed by atoms with Gasteiger partial charge in [0.2, 0.25) is 0 Å². The largest absolute Gasteiger partial charge is 0.362 e. The van der Waals surface area contributed by atoms with E-state index in [1.54, 1.807) is 32.0 Å². The highest BCUT2D eigenvalue weighted by Gasteiger charge is 2.51. The number of amidine groups is 1. The van der Waals surface area contributed by atoms with Crippen molar-refractivity contribution in [3.63, 3.8) is 0 Å². The van der Waals surface area contributed by atoms with Gasteiger partial charge in [0.1, 0.15) is 16.4 Å². The van der Waals surface area contributed by atoms with E-state index in [1.165, 1.54) is 31.3 Å². The van der Waals surface area contributed by atoms with Gasteiger partial charge in [0, 0.05) is 9.75 Å². The second-order valence-corrected chi connectivity index (χ2v) is 11.4. The number of halogens is 2. The van der Waals surface area contributed by atoms with Crippen molar-refractivity contribution in [2.45, 2.75) is 38.0 Å². The molecule has 1 aromatic carbocycles. The summed E-state index contributed by atoms with van der Waals surface area (Å²) in [6.45, 7) is 6.49. The Bertz CT molecular complexity index is 1010. The maximum atomic E-state index is 13.5. The van der Waals surface area contributed by atoms with Crippen LogP contribution in [0.15, 0.2) is 24.3 Å². The average Bonchev–Trinajstić information content (AvgIpc) is 2.90. The lowest BCUT2D eigenvalue weighted by Gasteiger charge is -2.42. The molecule has 2 N–H and O–H groups in total. The van der Waals surface area contributed by atoms with Crippen LogP contribution in [0.5, 0.6) is 0 Å². The number of nitrogens with one attached hydrogen (secondary N) is 2. The molecule has 2 aromatic rings. The van der Waals surface area contributed by atoms with Gasteiger partial charge in [-0.05, 0) is 57.0 Å². The number of benzene rings is 1. The number of thiophene rings is 1. The molecule has 26 heavy (non-hydrogen) atoms. The van der Waals surface area contributed by atoms with Gasteiger partial charge in [-0.2, -0.15) is 0 Å². The van der Waals surface area contributed by atoms with E-state index >= 15 is 0 Å². The smallest absolute Gasteiger partial charge is 0.165 e. The number of hydrogen-bond donors (Lipinski definition) is 2. The lowest BCUT2D eigenvalue weighted by molar-refractivity contribution is 0.450. The zero-order valence-corrected chi connectivity index (χ0v) is 17.3. The van der Waals surface area contributed by atoms with Crippen LogP contribution in [0.4, 0.5) is 4.39 Å². The maximum Gasteiger partial charge on any atom is 0.165 e. The van der Waals surface area contributed by atoms with E-state index in [1.807, 2.05) is 0 Å². The molecule has 0 unspecified atom stereocenters. The summed E-state index contributed by atoms with van der Waals surface area (Å²) >= 11 is 7.79. The summed E-state index contributed by atoms with van der Waals surface area (Å²) in [6.07, 6.45) is 0. The Labute approximate surface area is 161 Å². The van der Waals surface area contributed by atoms with E-state index in [0.717, 1.165) is 10.4 Å². The van der Waals surface area contributed by atoms with Crippen molar-refractivity contribution in [3.8, 4) is 10.4 Å². The third-order valence-corrected chi connectivity index (χ3v) is 9.46. The minimum Gasteiger partial charge on any atom is -0.362 e. The normalized spacial score (nSPS) is 24.3. The molecule has 0 saturated carbocycles. The highest BCUT2D eigenvalue weighted by atomic mass is 35.5. The molecule has 8 heteroatoms. The van der Waals surface area contributed by atoms with E-state index in [0.29, 0.717) is 15.5 Å². The third kappa shape index (κ3) is 2.96. The van der Waals surface area contributed by atoms with Crippen molar-refractivity contribution in [2.75, 3.05) is 5.75 Å². The van der Waals surface area contributed by atoms with Gasteiger partial charge < -0.3 is 5.32 Å². The van der Waals surface area contributed by atoms with E-state index in [4.69, 9.17) is 17.0 Å². The standard InChI is InChI=1S/C18H20ClFN2O2S2/c1-10-7-11(5-6-13(10)20)14-8-12(19)15(25-14)18(4)9-26(23,24)17(2,3)16(21)22-18/h5-8H,9H2,1-4H3,(H2,21,22)/t18-/m0/s1. The van der Waals surface area contributed by atoms with Gasteiger partial charge in [0.15, 0.2) is 9.84 Å². The van der Waals surface area contributed by atoms with Crippen LogP contribution >= 0.6 is 22.9 Å². The SMILES string of the molecule is Cc1cc(-c2cc(Cl)c([C@]3(C)CS(=O)(=O)C(C)(C)C(=N)N3)s2)ccc1F. The van der Waals surface area contributed by atoms with E-state index in [9.17, 15) is 12.8 Å². The Balaban J connectivity index is 2.06. The Kier molecular flexibility index (Phi) is 4.49. The first-order valence-corrected chi connectivity index (χ1v) is 10.9. The molecule has 0 bridgehead atoms. The summed E-state index contributed by atoms with van der Waals surface area (Å²) in [7, 11) is -3.54. The van der Waals surface area contributed by atoms with Gasteiger partial charge in [-0.3, -0.25) is 5.41 Å². The quantitative estimate of drug-likeness (QED) is 0.759. The summed E-state index contributed by atoms with van der Waals surface area (Å²) in [5, 5.41) is 11.7. The fraction of sp³-hybridized carbons (Fsp3) is 0.389. The highest BCUT2D eigenvalue weighted by Crippen LogP contribution is 2.44. The molecule has 1 aliphatic rings. The van der Waals surface area contributed by atoms with Crippen LogP contribution in [0.3, 0.4) is 0 Å². The Hall–Kier alpha value is -1.44. The molecule has 140 valence electrons. The van der Waals surface area contributed by atoms with Crippen molar-refractivity contribution in [2.24, 2.45) is 0 Å². The molecule has 1 fully saturated rings. The Morgan fingerprint density at radius 2 is 1.92 bits per heavy atom. The first-order chi connectivity index (χ1) is 11.9. The zero-order chi connectivity index (χ0) is 19.5. The Morgan fingerprint density at radius 1 is 1.27 bits per heavy atom.